The van der Waals surface area contributed by atoms with Crippen LogP contribution in [-0.4, -0.2) is 35.7 Å². The molecular formula is C12H13BrN2O4. The summed E-state index contributed by atoms with van der Waals surface area (Å²) in [6.45, 7) is 0.613. The summed E-state index contributed by atoms with van der Waals surface area (Å²) in [6.07, 6.45) is 0.443. The maximum absolute atomic E-state index is 12.1. The molecule has 4 N–H and O–H groups in total. The minimum atomic E-state index is -1.07. The highest BCUT2D eigenvalue weighted by Gasteiger charge is 2.38. The van der Waals surface area contributed by atoms with Gasteiger partial charge >= 0.3 is 5.97 Å². The number of nitrogens with two attached hydrogens (primary N) is 1. The summed E-state index contributed by atoms with van der Waals surface area (Å²) in [5.41, 5.74) is 5.34. The molecule has 1 atom stereocenters. The van der Waals surface area contributed by atoms with E-state index in [1.807, 2.05) is 0 Å². The zero-order valence-corrected chi connectivity index (χ0v) is 11.6. The van der Waals surface area contributed by atoms with Crippen molar-refractivity contribution in [2.45, 2.75) is 12.0 Å². The summed E-state index contributed by atoms with van der Waals surface area (Å²) in [5.74, 6) is -1.44. The Kier molecular flexibility index (Phi) is 3.88. The summed E-state index contributed by atoms with van der Waals surface area (Å²) in [6, 6.07) is 4.45. The van der Waals surface area contributed by atoms with Crippen LogP contribution in [0.25, 0.3) is 0 Å². The second-order valence-electron chi connectivity index (χ2n) is 4.45. The Morgan fingerprint density at radius 2 is 2.16 bits per heavy atom. The minimum Gasteiger partial charge on any atom is -0.478 e. The molecule has 1 aromatic rings. The van der Waals surface area contributed by atoms with Crippen LogP contribution in [0.3, 0.4) is 0 Å². The van der Waals surface area contributed by atoms with Gasteiger partial charge in [-0.15, -0.1) is 0 Å². The summed E-state index contributed by atoms with van der Waals surface area (Å²) in [5, 5.41) is 11.6. The number of anilines is 1. The fraction of sp³-hybridized carbons (Fsp3) is 0.333. The average molecular weight is 329 g/mol. The first-order chi connectivity index (χ1) is 8.90. The largest absolute Gasteiger partial charge is 0.478 e. The van der Waals surface area contributed by atoms with Gasteiger partial charge in [-0.3, -0.25) is 4.79 Å². The fourth-order valence-corrected chi connectivity index (χ4v) is 2.29. The van der Waals surface area contributed by atoms with Crippen molar-refractivity contribution in [2.75, 3.05) is 18.5 Å². The number of carbonyl (C=O) groups excluding carboxylic acids is 1. The third-order valence-electron chi connectivity index (χ3n) is 2.91. The molecular weight excluding hydrogens is 316 g/mol. The molecule has 1 aliphatic heterocycles. The average Bonchev–Trinajstić information content (AvgIpc) is 2.76. The molecule has 1 aliphatic rings. The molecule has 1 unspecified atom stereocenters. The van der Waals surface area contributed by atoms with E-state index in [9.17, 15) is 9.59 Å². The molecule has 102 valence electrons. The van der Waals surface area contributed by atoms with Crippen LogP contribution in [0, 0.1) is 0 Å². The number of rotatable bonds is 3. The van der Waals surface area contributed by atoms with Gasteiger partial charge in [-0.2, -0.15) is 0 Å². The zero-order valence-electron chi connectivity index (χ0n) is 9.98. The summed E-state index contributed by atoms with van der Waals surface area (Å²) >= 11 is 3.20. The van der Waals surface area contributed by atoms with Crippen molar-refractivity contribution in [3.05, 3.63) is 28.2 Å². The van der Waals surface area contributed by atoms with Crippen LogP contribution >= 0.6 is 15.9 Å². The lowest BCUT2D eigenvalue weighted by atomic mass is 9.99. The Morgan fingerprint density at radius 1 is 1.42 bits per heavy atom. The van der Waals surface area contributed by atoms with Crippen LogP contribution in [0.15, 0.2) is 22.7 Å². The highest BCUT2D eigenvalue weighted by molar-refractivity contribution is 9.10. The van der Waals surface area contributed by atoms with Gasteiger partial charge in [0.2, 0.25) is 5.91 Å². The molecule has 0 spiro atoms. The quantitative estimate of drug-likeness (QED) is 0.773. The van der Waals surface area contributed by atoms with Crippen molar-refractivity contribution in [3.63, 3.8) is 0 Å². The SMILES string of the molecule is NC1(C(=O)Nc2cc(Br)cc(C(=O)O)c2)CCOC1. The zero-order chi connectivity index (χ0) is 14.0. The molecule has 19 heavy (non-hydrogen) atoms. The first-order valence-corrected chi connectivity index (χ1v) is 6.42. The number of benzene rings is 1. The van der Waals surface area contributed by atoms with Crippen molar-refractivity contribution in [1.82, 2.24) is 0 Å². The van der Waals surface area contributed by atoms with Gasteiger partial charge in [0.25, 0.3) is 0 Å². The molecule has 0 bridgehead atoms. The van der Waals surface area contributed by atoms with Crippen molar-refractivity contribution in [1.29, 1.82) is 0 Å². The molecule has 7 heteroatoms. The van der Waals surface area contributed by atoms with E-state index in [2.05, 4.69) is 21.2 Å². The maximum atomic E-state index is 12.1. The Hall–Kier alpha value is -1.44. The molecule has 0 aliphatic carbocycles. The van der Waals surface area contributed by atoms with Gasteiger partial charge in [0.1, 0.15) is 5.54 Å². The molecule has 1 amide bonds. The second-order valence-corrected chi connectivity index (χ2v) is 5.36. The predicted octanol–water partition coefficient (Wildman–Crippen LogP) is 1.20. The van der Waals surface area contributed by atoms with E-state index >= 15 is 0 Å². The highest BCUT2D eigenvalue weighted by Crippen LogP contribution is 2.22. The van der Waals surface area contributed by atoms with Crippen molar-refractivity contribution in [2.24, 2.45) is 5.73 Å². The molecule has 6 nitrogen and oxygen atoms in total. The monoisotopic (exact) mass is 328 g/mol. The van der Waals surface area contributed by atoms with Crippen LogP contribution in [0.4, 0.5) is 5.69 Å². The Labute approximate surface area is 118 Å². The number of carboxylic acid groups (broad SMARTS) is 1. The molecule has 2 rings (SSSR count). The fourth-order valence-electron chi connectivity index (χ4n) is 1.80. The Morgan fingerprint density at radius 3 is 2.74 bits per heavy atom. The van der Waals surface area contributed by atoms with Crippen LogP contribution in [0.2, 0.25) is 0 Å². The van der Waals surface area contributed by atoms with Gasteiger partial charge in [0, 0.05) is 16.8 Å². The molecule has 1 fully saturated rings. The van der Waals surface area contributed by atoms with Gasteiger partial charge in [-0.05, 0) is 24.6 Å². The number of hydrogen-bond donors (Lipinski definition) is 3. The molecule has 1 heterocycles. The van der Waals surface area contributed by atoms with Crippen molar-refractivity contribution < 1.29 is 19.4 Å². The highest BCUT2D eigenvalue weighted by atomic mass is 79.9. The predicted molar refractivity (Wildman–Crippen MR) is 72.1 cm³/mol. The number of halogens is 1. The molecule has 0 saturated carbocycles. The Bertz CT molecular complexity index is 526. The number of hydrogen-bond acceptors (Lipinski definition) is 4. The van der Waals surface area contributed by atoms with E-state index < -0.39 is 11.5 Å². The van der Waals surface area contributed by atoms with Crippen LogP contribution in [-0.2, 0) is 9.53 Å². The van der Waals surface area contributed by atoms with E-state index in [4.69, 9.17) is 15.6 Å². The van der Waals surface area contributed by atoms with Crippen molar-refractivity contribution in [3.8, 4) is 0 Å². The van der Waals surface area contributed by atoms with E-state index in [1.165, 1.54) is 12.1 Å². The van der Waals surface area contributed by atoms with Gasteiger partial charge in [0.15, 0.2) is 0 Å². The number of ether oxygens (including phenoxy) is 1. The molecule has 1 saturated heterocycles. The lowest BCUT2D eigenvalue weighted by molar-refractivity contribution is -0.121. The summed E-state index contributed by atoms with van der Waals surface area (Å²) in [7, 11) is 0. The van der Waals surface area contributed by atoms with Gasteiger partial charge in [-0.25, -0.2) is 4.79 Å². The first kappa shape index (κ1) is 14.0. The number of aromatic carboxylic acids is 1. The standard InChI is InChI=1S/C12H13BrN2O4/c13-8-3-7(10(16)17)4-9(5-8)15-11(18)12(14)1-2-19-6-12/h3-5H,1-2,6,14H2,(H,15,18)(H,16,17). The first-order valence-electron chi connectivity index (χ1n) is 5.63. The van der Waals surface area contributed by atoms with Gasteiger partial charge in [0.05, 0.1) is 12.2 Å². The number of carboxylic acids is 1. The maximum Gasteiger partial charge on any atom is 0.335 e. The van der Waals surface area contributed by atoms with Crippen molar-refractivity contribution >= 4 is 33.5 Å². The third-order valence-corrected chi connectivity index (χ3v) is 3.36. The lowest BCUT2D eigenvalue weighted by Gasteiger charge is -2.20. The second kappa shape index (κ2) is 5.28. The molecule has 0 aromatic heterocycles. The van der Waals surface area contributed by atoms with E-state index in [1.54, 1.807) is 6.07 Å². The number of nitrogens with one attached hydrogen (secondary N) is 1. The van der Waals surface area contributed by atoms with E-state index in [0.29, 0.717) is 23.2 Å². The molecule has 0 radical (unpaired) electrons. The Balaban J connectivity index is 2.19. The van der Waals surface area contributed by atoms with E-state index in [-0.39, 0.29) is 18.1 Å². The van der Waals surface area contributed by atoms with Crippen LogP contribution < -0.4 is 11.1 Å². The van der Waals surface area contributed by atoms with Gasteiger partial charge < -0.3 is 20.9 Å². The topological polar surface area (TPSA) is 102 Å². The lowest BCUT2D eigenvalue weighted by Crippen LogP contribution is -2.51. The summed E-state index contributed by atoms with van der Waals surface area (Å²) < 4.78 is 5.68. The summed E-state index contributed by atoms with van der Waals surface area (Å²) in [4.78, 5) is 23.0. The smallest absolute Gasteiger partial charge is 0.335 e. The number of carbonyl (C=O) groups is 2. The third kappa shape index (κ3) is 3.12. The van der Waals surface area contributed by atoms with Crippen LogP contribution in [0.1, 0.15) is 16.8 Å². The normalized spacial score (nSPS) is 22.2. The minimum absolute atomic E-state index is 0.0819. The van der Waals surface area contributed by atoms with Gasteiger partial charge in [-0.1, -0.05) is 15.9 Å². The number of amides is 1. The molecule has 1 aromatic carbocycles. The van der Waals surface area contributed by atoms with Crippen LogP contribution in [0.5, 0.6) is 0 Å². The van der Waals surface area contributed by atoms with E-state index in [0.717, 1.165) is 0 Å².